The van der Waals surface area contributed by atoms with Gasteiger partial charge >= 0.3 is 5.97 Å². The molecule has 0 fully saturated rings. The molecule has 3 N–H and O–H groups in total. The third-order valence-corrected chi connectivity index (χ3v) is 7.95. The van der Waals surface area contributed by atoms with Gasteiger partial charge in [0, 0.05) is 41.1 Å². The van der Waals surface area contributed by atoms with Crippen molar-refractivity contribution in [3.05, 3.63) is 91.9 Å². The van der Waals surface area contributed by atoms with Crippen molar-refractivity contribution in [1.29, 1.82) is 0 Å². The number of carbonyl (C=O) groups is 4. The number of thiophene rings is 1. The number of hydrogen-bond acceptors (Lipinski definition) is 7. The SMILES string of the molecule is CC(=O)N(CC1=CC=C(O)CC(C(=O)O)=C1)Cc1ccc(C(=O)NCC(=O)CSCc2ccccc2Cl)s1. The number of Topliss-reactive ketones (excluding diaryl/α,β-unsaturated/α-hetero) is 1. The van der Waals surface area contributed by atoms with E-state index in [1.54, 1.807) is 24.3 Å². The van der Waals surface area contributed by atoms with Gasteiger partial charge in [0.1, 0.15) is 0 Å². The summed E-state index contributed by atoms with van der Waals surface area (Å²) in [6.07, 6.45) is 4.36. The molecule has 8 nitrogen and oxygen atoms in total. The second kappa shape index (κ2) is 14.0. The van der Waals surface area contributed by atoms with Crippen LogP contribution in [-0.4, -0.2) is 57.5 Å². The number of thioether (sulfide) groups is 1. The Kier molecular flexibility index (Phi) is 10.8. The second-order valence-corrected chi connectivity index (χ2v) is 11.1. The maximum absolute atomic E-state index is 12.5. The van der Waals surface area contributed by atoms with Crippen molar-refractivity contribution in [3.8, 4) is 0 Å². The second-order valence-electron chi connectivity index (χ2n) is 8.50. The fourth-order valence-electron chi connectivity index (χ4n) is 3.50. The van der Waals surface area contributed by atoms with Gasteiger partial charge in [-0.15, -0.1) is 23.1 Å². The van der Waals surface area contributed by atoms with Gasteiger partial charge in [0.25, 0.3) is 5.91 Å². The number of aliphatic hydroxyl groups excluding tert-OH is 1. The molecule has 2 amide bonds. The lowest BCUT2D eigenvalue weighted by atomic mass is 10.1. The van der Waals surface area contributed by atoms with E-state index in [4.69, 9.17) is 11.6 Å². The van der Waals surface area contributed by atoms with Gasteiger partial charge in [-0.25, -0.2) is 4.79 Å². The Morgan fingerprint density at radius 2 is 1.87 bits per heavy atom. The Labute approximate surface area is 233 Å². The highest BCUT2D eigenvalue weighted by Gasteiger charge is 2.18. The number of allylic oxidation sites excluding steroid dienone is 3. The van der Waals surface area contributed by atoms with Gasteiger partial charge < -0.3 is 20.4 Å². The number of nitrogens with zero attached hydrogens (tertiary/aromatic N) is 1. The maximum Gasteiger partial charge on any atom is 0.332 e. The van der Waals surface area contributed by atoms with Crippen LogP contribution in [0.4, 0.5) is 0 Å². The summed E-state index contributed by atoms with van der Waals surface area (Å²) in [5.74, 6) is -1.08. The molecular formula is C27H27ClN2O6S2. The van der Waals surface area contributed by atoms with Crippen molar-refractivity contribution in [1.82, 2.24) is 10.2 Å². The molecule has 0 unspecified atom stereocenters. The number of aliphatic hydroxyl groups is 1. The zero-order chi connectivity index (χ0) is 27.7. The van der Waals surface area contributed by atoms with Gasteiger partial charge in [0.05, 0.1) is 29.5 Å². The van der Waals surface area contributed by atoms with Gasteiger partial charge in [-0.2, -0.15) is 0 Å². The Balaban J connectivity index is 1.52. The minimum Gasteiger partial charge on any atom is -0.512 e. The molecule has 2 aromatic rings. The van der Waals surface area contributed by atoms with Crippen LogP contribution in [0.15, 0.2) is 71.5 Å². The minimum atomic E-state index is -1.14. The molecule has 1 aliphatic carbocycles. The molecule has 0 aliphatic heterocycles. The zero-order valence-electron chi connectivity index (χ0n) is 20.6. The molecule has 0 atom stereocenters. The standard InChI is InChI=1S/C27H27ClN2O6S2/c1-17(31)30(13-18-6-7-21(32)11-20(10-18)27(35)36)14-23-8-9-25(38-23)26(34)29-12-22(33)16-37-15-19-4-2-3-5-24(19)28/h2-10,32H,11-16H2,1H3,(H,29,34)(H,35,36). The maximum atomic E-state index is 12.5. The smallest absolute Gasteiger partial charge is 0.332 e. The molecule has 0 bridgehead atoms. The van der Waals surface area contributed by atoms with Crippen molar-refractivity contribution in [2.24, 2.45) is 0 Å². The van der Waals surface area contributed by atoms with Crippen LogP contribution < -0.4 is 5.32 Å². The van der Waals surface area contributed by atoms with Crippen LogP contribution in [0.25, 0.3) is 0 Å². The molecule has 1 aromatic carbocycles. The highest BCUT2D eigenvalue weighted by Crippen LogP contribution is 2.22. The third-order valence-electron chi connectivity index (χ3n) is 5.47. The number of amides is 2. The van der Waals surface area contributed by atoms with E-state index >= 15 is 0 Å². The normalized spacial score (nSPS) is 13.1. The Morgan fingerprint density at radius 3 is 2.58 bits per heavy atom. The van der Waals surface area contributed by atoms with Gasteiger partial charge in [0.15, 0.2) is 5.78 Å². The lowest BCUT2D eigenvalue weighted by Gasteiger charge is -2.21. The number of hydrogen-bond donors (Lipinski definition) is 3. The number of nitrogens with one attached hydrogen (secondary N) is 1. The Hall–Kier alpha value is -3.34. The Bertz CT molecular complexity index is 1310. The van der Waals surface area contributed by atoms with E-state index in [1.165, 1.54) is 47.1 Å². The first-order chi connectivity index (χ1) is 18.1. The van der Waals surface area contributed by atoms with Gasteiger partial charge in [0.2, 0.25) is 5.91 Å². The van der Waals surface area contributed by atoms with Gasteiger partial charge in [-0.05, 0) is 41.5 Å². The Morgan fingerprint density at radius 1 is 1.11 bits per heavy atom. The summed E-state index contributed by atoms with van der Waals surface area (Å²) >= 11 is 8.76. The lowest BCUT2D eigenvalue weighted by molar-refractivity contribution is -0.132. The minimum absolute atomic E-state index is 0.0258. The first-order valence-electron chi connectivity index (χ1n) is 11.6. The summed E-state index contributed by atoms with van der Waals surface area (Å²) in [7, 11) is 0. The third kappa shape index (κ3) is 8.90. The van der Waals surface area contributed by atoms with Crippen molar-refractivity contribution >= 4 is 58.3 Å². The molecular weight excluding hydrogens is 548 g/mol. The first kappa shape index (κ1) is 29.2. The van der Waals surface area contributed by atoms with E-state index in [1.807, 2.05) is 18.2 Å². The number of rotatable bonds is 12. The zero-order valence-corrected chi connectivity index (χ0v) is 23.0. The molecule has 0 spiro atoms. The molecule has 0 saturated carbocycles. The van der Waals surface area contributed by atoms with Gasteiger partial charge in [-0.3, -0.25) is 14.4 Å². The number of carboxylic acid groups (broad SMARTS) is 1. The number of ketones is 1. The molecule has 0 radical (unpaired) electrons. The molecule has 1 aromatic heterocycles. The van der Waals surface area contributed by atoms with E-state index in [0.29, 0.717) is 21.2 Å². The molecule has 38 heavy (non-hydrogen) atoms. The van der Waals surface area contributed by atoms with Crippen LogP contribution in [-0.2, 0) is 26.7 Å². The predicted molar refractivity (Wildman–Crippen MR) is 149 cm³/mol. The molecule has 200 valence electrons. The number of carboxylic acids is 1. The fraction of sp³-hybridized carbons (Fsp3) is 0.259. The van der Waals surface area contributed by atoms with Crippen molar-refractivity contribution < 1.29 is 29.4 Å². The van der Waals surface area contributed by atoms with Crippen LogP contribution >= 0.6 is 34.7 Å². The first-order valence-corrected chi connectivity index (χ1v) is 13.9. The molecule has 3 rings (SSSR count). The van der Waals surface area contributed by atoms with E-state index in [2.05, 4.69) is 5.32 Å². The summed E-state index contributed by atoms with van der Waals surface area (Å²) in [6.45, 7) is 1.67. The molecule has 11 heteroatoms. The summed E-state index contributed by atoms with van der Waals surface area (Å²) in [6, 6.07) is 10.8. The monoisotopic (exact) mass is 574 g/mol. The van der Waals surface area contributed by atoms with Crippen LogP contribution in [0, 0.1) is 0 Å². The van der Waals surface area contributed by atoms with E-state index in [9.17, 15) is 29.4 Å². The van der Waals surface area contributed by atoms with Crippen molar-refractivity contribution in [2.75, 3.05) is 18.8 Å². The number of halogens is 1. The number of aliphatic carboxylic acids is 1. The fourth-order valence-corrected chi connectivity index (χ4v) is 5.62. The largest absolute Gasteiger partial charge is 0.512 e. The average Bonchev–Trinajstić information content (AvgIpc) is 3.26. The van der Waals surface area contributed by atoms with Crippen LogP contribution in [0.5, 0.6) is 0 Å². The highest BCUT2D eigenvalue weighted by atomic mass is 35.5. The summed E-state index contributed by atoms with van der Waals surface area (Å²) in [4.78, 5) is 51.1. The van der Waals surface area contributed by atoms with Crippen LogP contribution in [0.1, 0.15) is 33.5 Å². The molecule has 1 aliphatic rings. The quantitative estimate of drug-likeness (QED) is 0.334. The number of benzene rings is 1. The molecule has 1 heterocycles. The lowest BCUT2D eigenvalue weighted by Crippen LogP contribution is -2.30. The van der Waals surface area contributed by atoms with Crippen LogP contribution in [0.2, 0.25) is 5.02 Å². The highest BCUT2D eigenvalue weighted by molar-refractivity contribution is 7.99. The average molecular weight is 575 g/mol. The van der Waals surface area contributed by atoms with Crippen LogP contribution in [0.3, 0.4) is 0 Å². The van der Waals surface area contributed by atoms with E-state index < -0.39 is 5.97 Å². The summed E-state index contributed by atoms with van der Waals surface area (Å²) in [5, 5.41) is 22.4. The van der Waals surface area contributed by atoms with Crippen molar-refractivity contribution in [3.63, 3.8) is 0 Å². The topological polar surface area (TPSA) is 124 Å². The van der Waals surface area contributed by atoms with E-state index in [0.717, 1.165) is 10.4 Å². The summed E-state index contributed by atoms with van der Waals surface area (Å²) < 4.78 is 0. The molecule has 0 saturated heterocycles. The van der Waals surface area contributed by atoms with Gasteiger partial charge in [-0.1, -0.05) is 35.9 Å². The van der Waals surface area contributed by atoms with E-state index in [-0.39, 0.29) is 60.7 Å². The van der Waals surface area contributed by atoms with Crippen molar-refractivity contribution in [2.45, 2.75) is 25.6 Å². The number of carbonyl (C=O) groups excluding carboxylic acids is 3. The summed E-state index contributed by atoms with van der Waals surface area (Å²) in [5.41, 5.74) is 1.53. The predicted octanol–water partition coefficient (Wildman–Crippen LogP) is 4.77.